The van der Waals surface area contributed by atoms with Crippen molar-refractivity contribution in [1.29, 1.82) is 0 Å². The molecule has 0 radical (unpaired) electrons. The van der Waals surface area contributed by atoms with Gasteiger partial charge >= 0.3 is 6.09 Å². The topological polar surface area (TPSA) is 106 Å². The van der Waals surface area contributed by atoms with Gasteiger partial charge in [-0.25, -0.2) is 9.18 Å². The summed E-state index contributed by atoms with van der Waals surface area (Å²) in [7, 11) is 0. The fourth-order valence-electron chi connectivity index (χ4n) is 2.92. The van der Waals surface area contributed by atoms with Crippen molar-refractivity contribution in [2.75, 3.05) is 0 Å². The number of amides is 2. The summed E-state index contributed by atoms with van der Waals surface area (Å²) in [6.45, 7) is 5.41. The molecule has 9 heteroatoms. The minimum atomic E-state index is -0.819. The van der Waals surface area contributed by atoms with E-state index in [9.17, 15) is 14.0 Å². The van der Waals surface area contributed by atoms with Crippen LogP contribution in [-0.4, -0.2) is 28.2 Å². The number of halogens is 1. The van der Waals surface area contributed by atoms with Crippen LogP contribution in [-0.2, 0) is 16.1 Å². The predicted molar refractivity (Wildman–Crippen MR) is 115 cm³/mol. The maximum atomic E-state index is 13.1. The minimum Gasteiger partial charge on any atom is -0.445 e. The van der Waals surface area contributed by atoms with Crippen LogP contribution in [0, 0.1) is 11.7 Å². The summed E-state index contributed by atoms with van der Waals surface area (Å²) in [5.74, 6) is -0.502. The van der Waals surface area contributed by atoms with Gasteiger partial charge in [-0.3, -0.25) is 4.79 Å². The molecule has 32 heavy (non-hydrogen) atoms. The largest absolute Gasteiger partial charge is 0.445 e. The molecule has 2 N–H and O–H groups in total. The van der Waals surface area contributed by atoms with Gasteiger partial charge in [-0.2, -0.15) is 4.98 Å². The molecule has 0 aliphatic rings. The third-order valence-corrected chi connectivity index (χ3v) is 4.71. The highest BCUT2D eigenvalue weighted by molar-refractivity contribution is 5.86. The first-order chi connectivity index (χ1) is 15.3. The van der Waals surface area contributed by atoms with Gasteiger partial charge in [0.2, 0.25) is 17.6 Å². The minimum absolute atomic E-state index is 0.101. The summed E-state index contributed by atoms with van der Waals surface area (Å²) < 4.78 is 23.5. The molecule has 8 nitrogen and oxygen atoms in total. The fraction of sp³-hybridized carbons (Fsp3) is 0.304. The van der Waals surface area contributed by atoms with E-state index in [1.807, 2.05) is 44.2 Å². The second-order valence-corrected chi connectivity index (χ2v) is 7.62. The number of carbonyl (C=O) groups is 2. The van der Waals surface area contributed by atoms with Crippen LogP contribution in [0.25, 0.3) is 11.4 Å². The Morgan fingerprint density at radius 3 is 2.38 bits per heavy atom. The fourth-order valence-corrected chi connectivity index (χ4v) is 2.92. The van der Waals surface area contributed by atoms with Gasteiger partial charge in [-0.05, 0) is 42.7 Å². The lowest BCUT2D eigenvalue weighted by Crippen LogP contribution is -2.50. The Labute approximate surface area is 185 Å². The van der Waals surface area contributed by atoms with E-state index in [4.69, 9.17) is 9.26 Å². The molecular formula is C23H25FN4O4. The summed E-state index contributed by atoms with van der Waals surface area (Å²) >= 11 is 0. The molecule has 0 spiro atoms. The zero-order valence-corrected chi connectivity index (χ0v) is 18.0. The molecule has 2 atom stereocenters. The average Bonchev–Trinajstić information content (AvgIpc) is 3.27. The van der Waals surface area contributed by atoms with E-state index in [1.54, 1.807) is 6.92 Å². The second kappa shape index (κ2) is 10.5. The van der Waals surface area contributed by atoms with Crippen molar-refractivity contribution in [2.45, 2.75) is 39.5 Å². The Bertz CT molecular complexity index is 1040. The number of benzene rings is 2. The number of ether oxygens (including phenoxy) is 1. The van der Waals surface area contributed by atoms with E-state index < -0.39 is 24.1 Å². The third-order valence-electron chi connectivity index (χ3n) is 4.71. The molecule has 1 unspecified atom stereocenters. The lowest BCUT2D eigenvalue weighted by molar-refractivity contribution is -0.124. The van der Waals surface area contributed by atoms with Crippen LogP contribution in [0.3, 0.4) is 0 Å². The van der Waals surface area contributed by atoms with Crippen LogP contribution < -0.4 is 10.6 Å². The van der Waals surface area contributed by atoms with Crippen molar-refractivity contribution in [3.63, 3.8) is 0 Å². The van der Waals surface area contributed by atoms with E-state index in [0.29, 0.717) is 5.56 Å². The van der Waals surface area contributed by atoms with Gasteiger partial charge in [0.25, 0.3) is 0 Å². The van der Waals surface area contributed by atoms with Crippen LogP contribution in [0.1, 0.15) is 38.3 Å². The van der Waals surface area contributed by atoms with E-state index in [0.717, 1.165) is 5.56 Å². The summed E-state index contributed by atoms with van der Waals surface area (Å²) in [5, 5.41) is 9.25. The number of alkyl carbamates (subject to hydrolysis) is 1. The molecule has 0 aliphatic heterocycles. The van der Waals surface area contributed by atoms with Crippen LogP contribution in [0.5, 0.6) is 0 Å². The summed E-state index contributed by atoms with van der Waals surface area (Å²) in [5.41, 5.74) is 1.43. The highest BCUT2D eigenvalue weighted by atomic mass is 19.1. The van der Waals surface area contributed by atoms with Crippen molar-refractivity contribution in [1.82, 2.24) is 20.8 Å². The first kappa shape index (κ1) is 22.9. The molecule has 3 aromatic rings. The number of hydrogen-bond acceptors (Lipinski definition) is 6. The first-order valence-corrected chi connectivity index (χ1v) is 10.2. The van der Waals surface area contributed by atoms with Gasteiger partial charge in [-0.1, -0.05) is 49.3 Å². The Morgan fingerprint density at radius 2 is 1.72 bits per heavy atom. The van der Waals surface area contributed by atoms with Crippen LogP contribution in [0.15, 0.2) is 59.1 Å². The van der Waals surface area contributed by atoms with Crippen molar-refractivity contribution < 1.29 is 23.2 Å². The number of rotatable bonds is 8. The smallest absolute Gasteiger partial charge is 0.408 e. The molecule has 2 amide bonds. The average molecular weight is 440 g/mol. The molecule has 0 saturated heterocycles. The molecule has 0 bridgehead atoms. The number of aromatic nitrogens is 2. The SMILES string of the molecule is CC(NC(=O)[C@@H](NC(=O)OCc1ccccc1)C(C)C)c1nc(-c2ccc(F)cc2)no1. The second-order valence-electron chi connectivity index (χ2n) is 7.62. The first-order valence-electron chi connectivity index (χ1n) is 10.2. The number of nitrogens with one attached hydrogen (secondary N) is 2. The van der Waals surface area contributed by atoms with Crippen LogP contribution in [0.2, 0.25) is 0 Å². The van der Waals surface area contributed by atoms with Crippen molar-refractivity contribution in [2.24, 2.45) is 5.92 Å². The molecule has 1 heterocycles. The van der Waals surface area contributed by atoms with Crippen LogP contribution in [0.4, 0.5) is 9.18 Å². The lowest BCUT2D eigenvalue weighted by Gasteiger charge is -2.22. The third kappa shape index (κ3) is 6.13. The number of nitrogens with zero attached hydrogens (tertiary/aromatic N) is 2. The monoisotopic (exact) mass is 440 g/mol. The predicted octanol–water partition coefficient (Wildman–Crippen LogP) is 4.00. The Balaban J connectivity index is 1.58. The highest BCUT2D eigenvalue weighted by Crippen LogP contribution is 2.19. The van der Waals surface area contributed by atoms with Gasteiger partial charge in [-0.15, -0.1) is 0 Å². The molecule has 2 aromatic carbocycles. The zero-order valence-electron chi connectivity index (χ0n) is 18.0. The van der Waals surface area contributed by atoms with E-state index in [2.05, 4.69) is 20.8 Å². The van der Waals surface area contributed by atoms with Gasteiger partial charge in [0, 0.05) is 5.56 Å². The van der Waals surface area contributed by atoms with Crippen molar-refractivity contribution in [3.05, 3.63) is 71.9 Å². The maximum absolute atomic E-state index is 13.1. The van der Waals surface area contributed by atoms with E-state index in [-0.39, 0.29) is 30.1 Å². The van der Waals surface area contributed by atoms with Gasteiger partial charge in [0.15, 0.2) is 0 Å². The standard InChI is InChI=1S/C23H25FN4O4/c1-14(2)19(26-23(30)31-13-16-7-5-4-6-8-16)21(29)25-15(3)22-27-20(28-32-22)17-9-11-18(24)12-10-17/h4-12,14-15,19H,13H2,1-3H3,(H,25,29)(H,26,30)/t15?,19-/m0/s1. The van der Waals surface area contributed by atoms with Crippen LogP contribution >= 0.6 is 0 Å². The molecule has 0 saturated carbocycles. The molecule has 1 aromatic heterocycles. The van der Waals surface area contributed by atoms with Crippen molar-refractivity contribution in [3.8, 4) is 11.4 Å². The molecule has 0 fully saturated rings. The van der Waals surface area contributed by atoms with Crippen molar-refractivity contribution >= 4 is 12.0 Å². The number of hydrogen-bond donors (Lipinski definition) is 2. The normalized spacial score (nSPS) is 12.8. The maximum Gasteiger partial charge on any atom is 0.408 e. The van der Waals surface area contributed by atoms with Gasteiger partial charge in [0.1, 0.15) is 24.5 Å². The molecule has 168 valence electrons. The Hall–Kier alpha value is -3.75. The molecule has 0 aliphatic carbocycles. The zero-order chi connectivity index (χ0) is 23.1. The quantitative estimate of drug-likeness (QED) is 0.548. The number of carbonyl (C=O) groups excluding carboxylic acids is 2. The van der Waals surface area contributed by atoms with Gasteiger partial charge < -0.3 is 19.9 Å². The molecular weight excluding hydrogens is 415 g/mol. The Morgan fingerprint density at radius 1 is 1.03 bits per heavy atom. The summed E-state index contributed by atoms with van der Waals surface area (Å²) in [6.07, 6.45) is -0.688. The Kier molecular flexibility index (Phi) is 7.54. The van der Waals surface area contributed by atoms with E-state index >= 15 is 0 Å². The molecule has 3 rings (SSSR count). The summed E-state index contributed by atoms with van der Waals surface area (Å²) in [6, 6.07) is 13.5. The summed E-state index contributed by atoms with van der Waals surface area (Å²) in [4.78, 5) is 29.2. The highest BCUT2D eigenvalue weighted by Gasteiger charge is 2.27. The van der Waals surface area contributed by atoms with E-state index in [1.165, 1.54) is 24.3 Å². The lowest BCUT2D eigenvalue weighted by atomic mass is 10.0. The van der Waals surface area contributed by atoms with Gasteiger partial charge in [0.05, 0.1) is 0 Å².